The zero-order chi connectivity index (χ0) is 18.9. The van der Waals surface area contributed by atoms with Crippen molar-refractivity contribution in [1.82, 2.24) is 9.97 Å². The first kappa shape index (κ1) is 18.6. The van der Waals surface area contributed by atoms with E-state index in [4.69, 9.17) is 5.73 Å². The molecule has 1 atom stereocenters. The van der Waals surface area contributed by atoms with Gasteiger partial charge in [0.15, 0.2) is 0 Å². The van der Waals surface area contributed by atoms with E-state index in [2.05, 4.69) is 28.7 Å². The summed E-state index contributed by atoms with van der Waals surface area (Å²) >= 11 is 0. The topological polar surface area (TPSA) is 55.0 Å². The minimum atomic E-state index is -4.35. The summed E-state index contributed by atoms with van der Waals surface area (Å²) in [4.78, 5) is 11.4. The molecule has 140 valence electrons. The summed E-state index contributed by atoms with van der Waals surface area (Å²) in [5.74, 6) is 1.08. The van der Waals surface area contributed by atoms with Gasteiger partial charge >= 0.3 is 6.18 Å². The van der Waals surface area contributed by atoms with Crippen LogP contribution in [0.25, 0.3) is 11.3 Å². The maximum atomic E-state index is 12.8. The molecule has 1 aromatic heterocycles. The lowest BCUT2D eigenvalue weighted by Crippen LogP contribution is -2.35. The highest BCUT2D eigenvalue weighted by Crippen LogP contribution is 2.32. The zero-order valence-corrected chi connectivity index (χ0v) is 14.9. The maximum Gasteiger partial charge on any atom is 0.416 e. The van der Waals surface area contributed by atoms with Crippen molar-refractivity contribution in [2.45, 2.75) is 45.5 Å². The minimum absolute atomic E-state index is 0.253. The normalized spacial score (nSPS) is 18.0. The number of anilines is 1. The highest BCUT2D eigenvalue weighted by atomic mass is 19.4. The molecule has 0 saturated carbocycles. The molecule has 0 bridgehead atoms. The van der Waals surface area contributed by atoms with Gasteiger partial charge in [0.05, 0.1) is 17.0 Å². The summed E-state index contributed by atoms with van der Waals surface area (Å²) in [7, 11) is 0. The first-order valence-electron chi connectivity index (χ1n) is 8.82. The molecule has 0 radical (unpaired) electrons. The van der Waals surface area contributed by atoms with Crippen LogP contribution < -0.4 is 10.6 Å². The summed E-state index contributed by atoms with van der Waals surface area (Å²) in [6.45, 7) is 5.48. The van der Waals surface area contributed by atoms with Crippen molar-refractivity contribution in [1.29, 1.82) is 0 Å². The molecule has 1 fully saturated rings. The van der Waals surface area contributed by atoms with Gasteiger partial charge in [0.1, 0.15) is 0 Å². The van der Waals surface area contributed by atoms with Crippen LogP contribution in [0.3, 0.4) is 0 Å². The number of nitrogens with zero attached hydrogens (tertiary/aromatic N) is 3. The van der Waals surface area contributed by atoms with Gasteiger partial charge in [-0.25, -0.2) is 9.97 Å². The number of benzene rings is 1. The molecule has 0 aliphatic carbocycles. The van der Waals surface area contributed by atoms with Crippen molar-refractivity contribution in [3.05, 3.63) is 41.6 Å². The van der Waals surface area contributed by atoms with E-state index in [0.29, 0.717) is 34.9 Å². The fourth-order valence-corrected chi connectivity index (χ4v) is 3.43. The maximum absolute atomic E-state index is 12.8. The summed E-state index contributed by atoms with van der Waals surface area (Å²) in [5.41, 5.74) is 7.01. The Morgan fingerprint density at radius 1 is 1.19 bits per heavy atom. The molecule has 26 heavy (non-hydrogen) atoms. The molecule has 7 heteroatoms. The zero-order valence-electron chi connectivity index (χ0n) is 14.9. The second-order valence-corrected chi connectivity index (χ2v) is 6.97. The Morgan fingerprint density at radius 3 is 2.46 bits per heavy atom. The third kappa shape index (κ3) is 3.82. The van der Waals surface area contributed by atoms with Gasteiger partial charge in [-0.15, -0.1) is 0 Å². The van der Waals surface area contributed by atoms with Crippen LogP contribution in [0.1, 0.15) is 37.9 Å². The van der Waals surface area contributed by atoms with Crippen LogP contribution in [-0.2, 0) is 12.7 Å². The molecule has 0 spiro atoms. The quantitative estimate of drug-likeness (QED) is 0.881. The number of alkyl halides is 3. The van der Waals surface area contributed by atoms with Crippen LogP contribution in [0.4, 0.5) is 19.1 Å². The van der Waals surface area contributed by atoms with Crippen LogP contribution in [0.2, 0.25) is 0 Å². The monoisotopic (exact) mass is 364 g/mol. The van der Waals surface area contributed by atoms with Crippen LogP contribution in [-0.4, -0.2) is 22.6 Å². The molecule has 4 nitrogen and oxygen atoms in total. The molecule has 0 amide bonds. The Kier molecular flexibility index (Phi) is 5.18. The molecule has 1 aromatic carbocycles. The van der Waals surface area contributed by atoms with E-state index in [1.54, 1.807) is 6.07 Å². The third-order valence-corrected chi connectivity index (χ3v) is 4.81. The molecule has 1 saturated heterocycles. The van der Waals surface area contributed by atoms with Crippen molar-refractivity contribution in [2.75, 3.05) is 11.4 Å². The lowest BCUT2D eigenvalue weighted by molar-refractivity contribution is -0.137. The smallest absolute Gasteiger partial charge is 0.338 e. The summed E-state index contributed by atoms with van der Waals surface area (Å²) in [6.07, 6.45) is -2.18. The second-order valence-electron chi connectivity index (χ2n) is 6.97. The van der Waals surface area contributed by atoms with E-state index in [1.165, 1.54) is 12.1 Å². The molecule has 1 aliphatic rings. The van der Waals surface area contributed by atoms with E-state index in [9.17, 15) is 13.2 Å². The lowest BCUT2D eigenvalue weighted by atomic mass is 10.0. The predicted octanol–water partition coefficient (Wildman–Crippen LogP) is 4.25. The molecular weight excluding hydrogens is 341 g/mol. The fourth-order valence-electron chi connectivity index (χ4n) is 3.43. The summed E-state index contributed by atoms with van der Waals surface area (Å²) in [6, 6.07) is 7.14. The van der Waals surface area contributed by atoms with E-state index in [0.717, 1.165) is 31.5 Å². The first-order chi connectivity index (χ1) is 12.3. The SMILES string of the molecule is CC(C)C1CCCN1c1nc(CN)cc(-c2ccc(C(F)(F)F)cc2)n1. The van der Waals surface area contributed by atoms with Crippen LogP contribution in [0.5, 0.6) is 0 Å². The van der Waals surface area contributed by atoms with E-state index in [1.807, 2.05) is 0 Å². The molecule has 1 aliphatic heterocycles. The molecule has 3 rings (SSSR count). The average Bonchev–Trinajstić information content (AvgIpc) is 3.11. The standard InChI is InChI=1S/C19H23F3N4/c1-12(2)17-4-3-9-26(17)18-24-15(11-23)10-16(25-18)13-5-7-14(8-6-13)19(20,21)22/h5-8,10,12,17H,3-4,9,11,23H2,1-2H3. The van der Waals surface area contributed by atoms with Crippen molar-refractivity contribution < 1.29 is 13.2 Å². The fraction of sp³-hybridized carbons (Fsp3) is 0.474. The Labute approximate surface area is 151 Å². The Bertz CT molecular complexity index is 756. The molecule has 2 N–H and O–H groups in total. The van der Waals surface area contributed by atoms with Gasteiger partial charge in [-0.1, -0.05) is 26.0 Å². The summed E-state index contributed by atoms with van der Waals surface area (Å²) in [5, 5.41) is 0. The predicted molar refractivity (Wildman–Crippen MR) is 95.6 cm³/mol. The Balaban J connectivity index is 1.98. The molecular formula is C19H23F3N4. The van der Waals surface area contributed by atoms with Gasteiger partial charge in [-0.05, 0) is 37.0 Å². The first-order valence-corrected chi connectivity index (χ1v) is 8.82. The highest BCUT2D eigenvalue weighted by Gasteiger charge is 2.31. The van der Waals surface area contributed by atoms with Crippen LogP contribution in [0, 0.1) is 5.92 Å². The van der Waals surface area contributed by atoms with Crippen LogP contribution >= 0.6 is 0 Å². The third-order valence-electron chi connectivity index (χ3n) is 4.81. The lowest BCUT2D eigenvalue weighted by Gasteiger charge is -2.28. The van der Waals surface area contributed by atoms with Gasteiger partial charge in [0.2, 0.25) is 5.95 Å². The number of nitrogens with two attached hydrogens (primary N) is 1. The minimum Gasteiger partial charge on any atom is -0.338 e. The van der Waals surface area contributed by atoms with Gasteiger partial charge < -0.3 is 10.6 Å². The molecule has 2 heterocycles. The van der Waals surface area contributed by atoms with Gasteiger partial charge in [0.25, 0.3) is 0 Å². The van der Waals surface area contributed by atoms with E-state index < -0.39 is 11.7 Å². The average molecular weight is 364 g/mol. The summed E-state index contributed by atoms with van der Waals surface area (Å²) < 4.78 is 38.3. The van der Waals surface area contributed by atoms with E-state index >= 15 is 0 Å². The van der Waals surface area contributed by atoms with Gasteiger partial charge in [-0.3, -0.25) is 0 Å². The Hall–Kier alpha value is -2.15. The Morgan fingerprint density at radius 2 is 1.88 bits per heavy atom. The number of hydrogen-bond donors (Lipinski definition) is 1. The molecule has 2 aromatic rings. The number of rotatable bonds is 4. The van der Waals surface area contributed by atoms with Crippen molar-refractivity contribution >= 4 is 5.95 Å². The van der Waals surface area contributed by atoms with Gasteiger partial charge in [0, 0.05) is 24.7 Å². The van der Waals surface area contributed by atoms with Crippen LogP contribution in [0.15, 0.2) is 30.3 Å². The van der Waals surface area contributed by atoms with Gasteiger partial charge in [-0.2, -0.15) is 13.2 Å². The van der Waals surface area contributed by atoms with E-state index in [-0.39, 0.29) is 6.54 Å². The van der Waals surface area contributed by atoms with Crippen molar-refractivity contribution in [3.8, 4) is 11.3 Å². The largest absolute Gasteiger partial charge is 0.416 e. The number of aromatic nitrogens is 2. The number of hydrogen-bond acceptors (Lipinski definition) is 4. The van der Waals surface area contributed by atoms with Crippen molar-refractivity contribution in [3.63, 3.8) is 0 Å². The molecule has 1 unspecified atom stereocenters. The number of halogens is 3. The second kappa shape index (κ2) is 7.23. The highest BCUT2D eigenvalue weighted by molar-refractivity contribution is 5.61. The van der Waals surface area contributed by atoms with Crippen molar-refractivity contribution in [2.24, 2.45) is 11.7 Å².